The van der Waals surface area contributed by atoms with Gasteiger partial charge in [-0.05, 0) is 19.1 Å². The van der Waals surface area contributed by atoms with E-state index in [-0.39, 0.29) is 22.6 Å². The van der Waals surface area contributed by atoms with Crippen LogP contribution in [0.2, 0.25) is 10.0 Å². The number of nitrogens with one attached hydrogen (secondary N) is 1. The summed E-state index contributed by atoms with van der Waals surface area (Å²) in [5.41, 5.74) is 0.834. The quantitative estimate of drug-likeness (QED) is 0.413. The van der Waals surface area contributed by atoms with Crippen LogP contribution < -0.4 is 5.32 Å². The van der Waals surface area contributed by atoms with Crippen molar-refractivity contribution in [1.82, 2.24) is 9.55 Å². The number of hydrogen-bond acceptors (Lipinski definition) is 9. The molecule has 186 valence electrons. The highest BCUT2D eigenvalue weighted by Crippen LogP contribution is 2.40. The molecule has 0 amide bonds. The van der Waals surface area contributed by atoms with Gasteiger partial charge in [0, 0.05) is 20.8 Å². The van der Waals surface area contributed by atoms with E-state index in [0.29, 0.717) is 11.0 Å². The van der Waals surface area contributed by atoms with Crippen molar-refractivity contribution in [1.29, 1.82) is 0 Å². The van der Waals surface area contributed by atoms with Gasteiger partial charge in [-0.15, -0.1) is 0 Å². The zero-order valence-corrected chi connectivity index (χ0v) is 20.4. The van der Waals surface area contributed by atoms with Gasteiger partial charge in [0.05, 0.1) is 27.1 Å². The first-order valence-corrected chi connectivity index (χ1v) is 11.1. The summed E-state index contributed by atoms with van der Waals surface area (Å²) in [5, 5.41) is 3.40. The van der Waals surface area contributed by atoms with Crippen molar-refractivity contribution in [2.75, 3.05) is 18.6 Å². The Bertz CT molecular complexity index is 1100. The van der Waals surface area contributed by atoms with Crippen LogP contribution in [0.25, 0.3) is 11.0 Å². The molecule has 0 saturated carbocycles. The van der Waals surface area contributed by atoms with Gasteiger partial charge in [0.1, 0.15) is 19.4 Å². The molecule has 1 aliphatic heterocycles. The van der Waals surface area contributed by atoms with Crippen LogP contribution in [0.4, 0.5) is 10.3 Å². The highest BCUT2D eigenvalue weighted by atomic mass is 35.5. The molecule has 0 aliphatic carbocycles. The topological polar surface area (TPSA) is 118 Å². The fourth-order valence-corrected chi connectivity index (χ4v) is 3.93. The maximum Gasteiger partial charge on any atom is 0.303 e. The molecule has 0 spiro atoms. The summed E-state index contributed by atoms with van der Waals surface area (Å²) >= 11 is 12.4. The van der Waals surface area contributed by atoms with Gasteiger partial charge in [-0.2, -0.15) is 0 Å². The normalized spacial score (nSPS) is 22.9. The fraction of sp³-hybridized carbons (Fsp3) is 0.524. The number of fused-ring (bicyclic) bond motifs is 1. The molecule has 0 radical (unpaired) electrons. The molecule has 5 atom stereocenters. The Morgan fingerprint density at radius 2 is 1.74 bits per heavy atom. The summed E-state index contributed by atoms with van der Waals surface area (Å²) in [6, 6.07) is 2.43. The molecule has 1 N–H and O–H groups in total. The molecule has 3 rings (SSSR count). The highest BCUT2D eigenvalue weighted by Gasteiger charge is 2.51. The lowest BCUT2D eigenvalue weighted by molar-refractivity contribution is -0.166. The molecule has 34 heavy (non-hydrogen) atoms. The molecule has 0 bridgehead atoms. The number of rotatable bonds is 8. The lowest BCUT2D eigenvalue weighted by Crippen LogP contribution is -2.40. The Morgan fingerprint density at radius 3 is 2.32 bits per heavy atom. The number of aromatic nitrogens is 2. The summed E-state index contributed by atoms with van der Waals surface area (Å²) in [6.07, 6.45) is -4.35. The second kappa shape index (κ2) is 10.7. The van der Waals surface area contributed by atoms with Gasteiger partial charge in [-0.1, -0.05) is 23.2 Å². The van der Waals surface area contributed by atoms with E-state index >= 15 is 0 Å². The minimum atomic E-state index is -1.16. The van der Waals surface area contributed by atoms with Crippen molar-refractivity contribution in [3.8, 4) is 0 Å². The number of carbonyl (C=O) groups is 3. The molecule has 1 fully saturated rings. The number of alkyl halides is 1. The second-order valence-electron chi connectivity index (χ2n) is 7.78. The smallest absolute Gasteiger partial charge is 0.303 e. The van der Waals surface area contributed by atoms with Crippen LogP contribution in [0.1, 0.15) is 33.9 Å². The first-order valence-electron chi connectivity index (χ1n) is 10.3. The first-order chi connectivity index (χ1) is 16.0. The molecule has 1 aromatic heterocycles. The number of anilines is 1. The number of esters is 3. The standard InChI is InChI=1S/C21H24Cl2FN3O7/c1-9(7-24)25-21-26-15-5-13(22)14(23)6-16(15)27(21)20-19(33-12(4)30)18(32-11(3)29)17(34-20)8-31-10(2)28/h5-6,9,17-20H,7-8H2,1-4H3,(H,25,26)/t9?,17-,18-,19-,20-/m0/s1. The lowest BCUT2D eigenvalue weighted by atomic mass is 10.1. The third kappa shape index (κ3) is 5.70. The lowest BCUT2D eigenvalue weighted by Gasteiger charge is -2.25. The molecule has 1 unspecified atom stereocenters. The first kappa shape index (κ1) is 26.0. The van der Waals surface area contributed by atoms with E-state index in [1.807, 2.05) is 0 Å². The van der Waals surface area contributed by atoms with E-state index in [9.17, 15) is 18.8 Å². The fourth-order valence-electron chi connectivity index (χ4n) is 3.61. The molecule has 2 aromatic rings. The third-order valence-electron chi connectivity index (χ3n) is 4.93. The van der Waals surface area contributed by atoms with E-state index in [2.05, 4.69) is 10.3 Å². The number of hydrogen-bond donors (Lipinski definition) is 1. The highest BCUT2D eigenvalue weighted by molar-refractivity contribution is 6.42. The van der Waals surface area contributed by atoms with Crippen molar-refractivity contribution in [2.24, 2.45) is 0 Å². The average Bonchev–Trinajstić information content (AvgIpc) is 3.23. The van der Waals surface area contributed by atoms with E-state index in [0.717, 1.165) is 0 Å². The van der Waals surface area contributed by atoms with Crippen LogP contribution in [-0.2, 0) is 33.3 Å². The Morgan fingerprint density at radius 1 is 1.12 bits per heavy atom. The third-order valence-corrected chi connectivity index (χ3v) is 5.66. The van der Waals surface area contributed by atoms with Crippen molar-refractivity contribution in [3.63, 3.8) is 0 Å². The van der Waals surface area contributed by atoms with E-state index in [1.165, 1.54) is 37.5 Å². The number of imidazole rings is 1. The predicted molar refractivity (Wildman–Crippen MR) is 120 cm³/mol. The van der Waals surface area contributed by atoms with Crippen molar-refractivity contribution in [2.45, 2.75) is 58.3 Å². The molecule has 13 heteroatoms. The SMILES string of the molecule is CC(=O)OC[C@@H]1O[C@H](n2c(NC(C)CF)nc3cc(Cl)c(Cl)cc32)[C@@H](OC(C)=O)[C@H]1OC(C)=O. The van der Waals surface area contributed by atoms with Crippen molar-refractivity contribution >= 4 is 58.1 Å². The van der Waals surface area contributed by atoms with Crippen LogP contribution in [0.5, 0.6) is 0 Å². The van der Waals surface area contributed by atoms with Crippen LogP contribution >= 0.6 is 23.2 Å². The molecule has 10 nitrogen and oxygen atoms in total. The molecule has 1 aliphatic rings. The Labute approximate surface area is 204 Å². The summed E-state index contributed by atoms with van der Waals surface area (Å²) < 4.78 is 36.9. The molecular formula is C21H24Cl2FN3O7. The number of ether oxygens (including phenoxy) is 4. The maximum atomic E-state index is 13.3. The number of nitrogens with zero attached hydrogens (tertiary/aromatic N) is 2. The van der Waals surface area contributed by atoms with E-state index in [4.69, 9.17) is 42.1 Å². The number of carbonyl (C=O) groups excluding carboxylic acids is 3. The predicted octanol–water partition coefficient (Wildman–Crippen LogP) is 3.44. The summed E-state index contributed by atoms with van der Waals surface area (Å²) in [4.78, 5) is 39.6. The largest absolute Gasteiger partial charge is 0.463 e. The van der Waals surface area contributed by atoms with Gasteiger partial charge in [-0.25, -0.2) is 9.37 Å². The van der Waals surface area contributed by atoms with Crippen LogP contribution in [0.15, 0.2) is 12.1 Å². The molecule has 1 saturated heterocycles. The summed E-state index contributed by atoms with van der Waals surface area (Å²) in [5.74, 6) is -1.73. The maximum absolute atomic E-state index is 13.3. The minimum Gasteiger partial charge on any atom is -0.463 e. The van der Waals surface area contributed by atoms with Gasteiger partial charge in [-0.3, -0.25) is 19.0 Å². The van der Waals surface area contributed by atoms with Gasteiger partial charge >= 0.3 is 17.9 Å². The number of benzene rings is 1. The molecule has 1 aromatic carbocycles. The number of halogens is 3. The molecular weight excluding hydrogens is 496 g/mol. The Hall–Kier alpha value is -2.63. The Balaban J connectivity index is 2.16. The minimum absolute atomic E-state index is 0.176. The Kier molecular flexibility index (Phi) is 8.21. The summed E-state index contributed by atoms with van der Waals surface area (Å²) in [7, 11) is 0. The van der Waals surface area contributed by atoms with Gasteiger partial charge < -0.3 is 24.3 Å². The monoisotopic (exact) mass is 519 g/mol. The van der Waals surface area contributed by atoms with Crippen LogP contribution in [-0.4, -0.2) is 65.1 Å². The summed E-state index contributed by atoms with van der Waals surface area (Å²) in [6.45, 7) is 4.22. The van der Waals surface area contributed by atoms with Crippen molar-refractivity contribution in [3.05, 3.63) is 22.2 Å². The zero-order chi connectivity index (χ0) is 25.2. The van der Waals surface area contributed by atoms with E-state index in [1.54, 1.807) is 6.92 Å². The van der Waals surface area contributed by atoms with Gasteiger partial charge in [0.25, 0.3) is 0 Å². The van der Waals surface area contributed by atoms with Crippen LogP contribution in [0.3, 0.4) is 0 Å². The van der Waals surface area contributed by atoms with Gasteiger partial charge in [0.2, 0.25) is 5.95 Å². The average molecular weight is 520 g/mol. The molecule has 2 heterocycles. The van der Waals surface area contributed by atoms with Crippen molar-refractivity contribution < 1.29 is 37.7 Å². The van der Waals surface area contributed by atoms with E-state index < -0.39 is 55.2 Å². The van der Waals surface area contributed by atoms with Crippen LogP contribution in [0, 0.1) is 0 Å². The second-order valence-corrected chi connectivity index (χ2v) is 8.59. The van der Waals surface area contributed by atoms with Gasteiger partial charge in [0.15, 0.2) is 18.4 Å². The zero-order valence-electron chi connectivity index (χ0n) is 18.8.